The summed E-state index contributed by atoms with van der Waals surface area (Å²) in [5, 5.41) is -0.0293. The van der Waals surface area contributed by atoms with Gasteiger partial charge < -0.3 is 4.74 Å². The van der Waals surface area contributed by atoms with Crippen LogP contribution in [0.3, 0.4) is 0 Å². The van der Waals surface area contributed by atoms with Gasteiger partial charge >= 0.3 is 0 Å². The van der Waals surface area contributed by atoms with Gasteiger partial charge in [0.05, 0.1) is 12.0 Å². The summed E-state index contributed by atoms with van der Waals surface area (Å²) in [5.74, 6) is 0.251. The standard InChI is InChI=1S/C9H7FO2S/c1-12-7-3-2-6(10)9-5(7)4-8(11)13-9/h2-3H,4H2,1H3. The van der Waals surface area contributed by atoms with Crippen molar-refractivity contribution in [3.8, 4) is 5.75 Å². The Kier molecular flexibility index (Phi) is 2.00. The Morgan fingerprint density at radius 3 is 3.00 bits per heavy atom. The summed E-state index contributed by atoms with van der Waals surface area (Å²) in [4.78, 5) is 11.5. The molecule has 0 saturated carbocycles. The highest BCUT2D eigenvalue weighted by molar-refractivity contribution is 8.14. The molecule has 0 aliphatic carbocycles. The third kappa shape index (κ3) is 1.31. The van der Waals surface area contributed by atoms with E-state index in [1.54, 1.807) is 6.07 Å². The number of ether oxygens (including phenoxy) is 1. The number of halogens is 1. The number of hydrogen-bond donors (Lipinski definition) is 0. The molecule has 0 bridgehead atoms. The summed E-state index contributed by atoms with van der Waals surface area (Å²) in [5.41, 5.74) is 0.678. The zero-order valence-electron chi connectivity index (χ0n) is 6.96. The van der Waals surface area contributed by atoms with Crippen LogP contribution < -0.4 is 4.74 Å². The second-order valence-electron chi connectivity index (χ2n) is 2.71. The molecule has 0 N–H and O–H groups in total. The monoisotopic (exact) mass is 198 g/mol. The zero-order chi connectivity index (χ0) is 9.42. The Morgan fingerprint density at radius 2 is 2.31 bits per heavy atom. The smallest absolute Gasteiger partial charge is 0.198 e. The van der Waals surface area contributed by atoms with E-state index >= 15 is 0 Å². The molecule has 0 radical (unpaired) electrons. The van der Waals surface area contributed by atoms with Crippen molar-refractivity contribution >= 4 is 16.9 Å². The Labute approximate surface area is 79.1 Å². The third-order valence-corrected chi connectivity index (χ3v) is 2.94. The number of benzene rings is 1. The van der Waals surface area contributed by atoms with Crippen LogP contribution in [0.25, 0.3) is 0 Å². The predicted octanol–water partition coefficient (Wildman–Crippen LogP) is 2.01. The largest absolute Gasteiger partial charge is 0.496 e. The van der Waals surface area contributed by atoms with Gasteiger partial charge in [-0.1, -0.05) is 0 Å². The summed E-state index contributed by atoms with van der Waals surface area (Å²) < 4.78 is 18.2. The van der Waals surface area contributed by atoms with E-state index in [-0.39, 0.29) is 17.4 Å². The number of hydrogen-bond acceptors (Lipinski definition) is 3. The van der Waals surface area contributed by atoms with Crippen LogP contribution in [0.2, 0.25) is 0 Å². The van der Waals surface area contributed by atoms with E-state index in [1.807, 2.05) is 0 Å². The van der Waals surface area contributed by atoms with Gasteiger partial charge in [0.2, 0.25) is 0 Å². The summed E-state index contributed by atoms with van der Waals surface area (Å²) in [7, 11) is 1.51. The van der Waals surface area contributed by atoms with Crippen LogP contribution in [0, 0.1) is 5.82 Å². The average molecular weight is 198 g/mol. The van der Waals surface area contributed by atoms with Crippen LogP contribution in [-0.2, 0) is 11.2 Å². The first-order valence-corrected chi connectivity index (χ1v) is 4.60. The molecule has 13 heavy (non-hydrogen) atoms. The molecule has 0 spiro atoms. The molecule has 0 atom stereocenters. The van der Waals surface area contributed by atoms with Gasteiger partial charge in [0.1, 0.15) is 11.6 Å². The molecule has 68 valence electrons. The van der Waals surface area contributed by atoms with Crippen molar-refractivity contribution in [3.05, 3.63) is 23.5 Å². The molecule has 2 nitrogen and oxygen atoms in total. The molecular weight excluding hydrogens is 191 g/mol. The van der Waals surface area contributed by atoms with Crippen LogP contribution in [0.5, 0.6) is 5.75 Å². The summed E-state index contributed by atoms with van der Waals surface area (Å²) >= 11 is 0.953. The molecule has 1 heterocycles. The number of thioether (sulfide) groups is 1. The van der Waals surface area contributed by atoms with Crippen molar-refractivity contribution in [2.45, 2.75) is 11.3 Å². The highest BCUT2D eigenvalue weighted by atomic mass is 32.2. The predicted molar refractivity (Wildman–Crippen MR) is 47.5 cm³/mol. The minimum atomic E-state index is -0.341. The van der Waals surface area contributed by atoms with E-state index in [4.69, 9.17) is 4.74 Å². The van der Waals surface area contributed by atoms with Crippen LogP contribution in [0.4, 0.5) is 4.39 Å². The summed E-state index contributed by atoms with van der Waals surface area (Å²) in [6, 6.07) is 2.87. The second-order valence-corrected chi connectivity index (χ2v) is 3.78. The first-order valence-electron chi connectivity index (χ1n) is 3.78. The van der Waals surface area contributed by atoms with Gasteiger partial charge in [0.15, 0.2) is 5.12 Å². The number of rotatable bonds is 1. The lowest BCUT2D eigenvalue weighted by Gasteiger charge is -2.05. The van der Waals surface area contributed by atoms with E-state index in [9.17, 15) is 9.18 Å². The van der Waals surface area contributed by atoms with Gasteiger partial charge in [-0.2, -0.15) is 0 Å². The molecule has 0 aromatic heterocycles. The molecule has 4 heteroatoms. The topological polar surface area (TPSA) is 26.3 Å². The number of carbonyl (C=O) groups excluding carboxylic acids is 1. The van der Waals surface area contributed by atoms with Crippen LogP contribution in [-0.4, -0.2) is 12.2 Å². The molecule has 2 rings (SSSR count). The summed E-state index contributed by atoms with van der Waals surface area (Å²) in [6.45, 7) is 0. The highest BCUT2D eigenvalue weighted by Crippen LogP contribution is 2.39. The minimum Gasteiger partial charge on any atom is -0.496 e. The molecule has 1 aliphatic heterocycles. The van der Waals surface area contributed by atoms with E-state index < -0.39 is 0 Å². The Bertz CT molecular complexity index is 376. The third-order valence-electron chi connectivity index (χ3n) is 1.93. The molecule has 0 fully saturated rings. The maximum Gasteiger partial charge on any atom is 0.198 e. The number of carbonyl (C=O) groups is 1. The quantitative estimate of drug-likeness (QED) is 0.690. The van der Waals surface area contributed by atoms with Gasteiger partial charge in [-0.15, -0.1) is 0 Å². The first-order chi connectivity index (χ1) is 6.22. The fraction of sp³-hybridized carbons (Fsp3) is 0.222. The Morgan fingerprint density at radius 1 is 1.54 bits per heavy atom. The molecule has 0 saturated heterocycles. The highest BCUT2D eigenvalue weighted by Gasteiger charge is 2.26. The van der Waals surface area contributed by atoms with Gasteiger partial charge in [-0.3, -0.25) is 4.79 Å². The maximum atomic E-state index is 13.2. The van der Waals surface area contributed by atoms with Crippen LogP contribution in [0.1, 0.15) is 5.56 Å². The van der Waals surface area contributed by atoms with Gasteiger partial charge in [0.25, 0.3) is 0 Å². The lowest BCUT2D eigenvalue weighted by Crippen LogP contribution is -1.93. The number of fused-ring (bicyclic) bond motifs is 1. The van der Waals surface area contributed by atoms with Crippen molar-refractivity contribution in [1.29, 1.82) is 0 Å². The molecule has 0 unspecified atom stereocenters. The molecule has 0 amide bonds. The fourth-order valence-electron chi connectivity index (χ4n) is 1.34. The van der Waals surface area contributed by atoms with E-state index in [2.05, 4.69) is 0 Å². The maximum absolute atomic E-state index is 13.2. The fourth-order valence-corrected chi connectivity index (χ4v) is 2.25. The van der Waals surface area contributed by atoms with Gasteiger partial charge in [0, 0.05) is 12.0 Å². The van der Waals surface area contributed by atoms with E-state index in [0.29, 0.717) is 16.2 Å². The summed E-state index contributed by atoms with van der Waals surface area (Å²) in [6.07, 6.45) is 0.265. The lowest BCUT2D eigenvalue weighted by molar-refractivity contribution is -0.110. The van der Waals surface area contributed by atoms with Crippen molar-refractivity contribution in [3.63, 3.8) is 0 Å². The normalized spacial score (nSPS) is 14.5. The van der Waals surface area contributed by atoms with Crippen molar-refractivity contribution < 1.29 is 13.9 Å². The number of methoxy groups -OCH3 is 1. The lowest BCUT2D eigenvalue weighted by atomic mass is 10.1. The van der Waals surface area contributed by atoms with Crippen LogP contribution >= 0.6 is 11.8 Å². The van der Waals surface area contributed by atoms with Gasteiger partial charge in [-0.05, 0) is 23.9 Å². The van der Waals surface area contributed by atoms with Crippen molar-refractivity contribution in [1.82, 2.24) is 0 Å². The molecule has 1 aliphatic rings. The average Bonchev–Trinajstić information content (AvgIpc) is 2.48. The molecular formula is C9H7FO2S. The van der Waals surface area contributed by atoms with Gasteiger partial charge in [-0.25, -0.2) is 4.39 Å². The second kappa shape index (κ2) is 3.03. The Balaban J connectivity index is 2.58. The van der Waals surface area contributed by atoms with Crippen molar-refractivity contribution in [2.75, 3.05) is 7.11 Å². The molecule has 1 aromatic carbocycles. The SMILES string of the molecule is COc1ccc(F)c2c1CC(=O)S2. The van der Waals surface area contributed by atoms with Crippen molar-refractivity contribution in [2.24, 2.45) is 0 Å². The Hall–Kier alpha value is -1.03. The zero-order valence-corrected chi connectivity index (χ0v) is 7.78. The van der Waals surface area contributed by atoms with Crippen LogP contribution in [0.15, 0.2) is 17.0 Å². The first kappa shape index (κ1) is 8.56. The molecule has 1 aromatic rings. The minimum absolute atomic E-state index is 0.0293. The van der Waals surface area contributed by atoms with E-state index in [0.717, 1.165) is 11.8 Å². The van der Waals surface area contributed by atoms with E-state index in [1.165, 1.54) is 13.2 Å².